The van der Waals surface area contributed by atoms with E-state index in [0.717, 1.165) is 6.42 Å². The fourth-order valence-electron chi connectivity index (χ4n) is 2.96. The number of carbonyl (C=O) groups is 4. The molecule has 0 unspecified atom stereocenters. The van der Waals surface area contributed by atoms with Gasteiger partial charge >= 0.3 is 0 Å². The van der Waals surface area contributed by atoms with Crippen molar-refractivity contribution in [3.05, 3.63) is 0 Å². The van der Waals surface area contributed by atoms with Gasteiger partial charge in [0.25, 0.3) is 0 Å². The summed E-state index contributed by atoms with van der Waals surface area (Å²) < 4.78 is 0. The second-order valence-corrected chi connectivity index (χ2v) is 8.14. The fourth-order valence-corrected chi connectivity index (χ4v) is 2.96. The maximum atomic E-state index is 12.4. The van der Waals surface area contributed by atoms with Gasteiger partial charge in [-0.15, -0.1) is 0 Å². The van der Waals surface area contributed by atoms with Crippen LogP contribution in [0.2, 0.25) is 0 Å². The number of carbonyl (C=O) groups excluding carboxylic acids is 4. The number of Topliss-reactive ketones (excluding diaryl/α,β-unsaturated/α-hetero) is 1. The van der Waals surface area contributed by atoms with Gasteiger partial charge in [0.1, 0.15) is 0 Å². The van der Waals surface area contributed by atoms with Gasteiger partial charge in [-0.05, 0) is 31.6 Å². The summed E-state index contributed by atoms with van der Waals surface area (Å²) in [5.41, 5.74) is 0. The Morgan fingerprint density at radius 1 is 0.897 bits per heavy atom. The van der Waals surface area contributed by atoms with E-state index >= 15 is 0 Å². The zero-order chi connectivity index (χ0) is 22.4. The predicted octanol–water partition coefficient (Wildman–Crippen LogP) is 1.29. The van der Waals surface area contributed by atoms with E-state index < -0.39 is 6.04 Å². The first-order valence-electron chi connectivity index (χ1n) is 10.7. The van der Waals surface area contributed by atoms with Gasteiger partial charge in [0.2, 0.25) is 17.7 Å². The Labute approximate surface area is 175 Å². The van der Waals surface area contributed by atoms with Crippen molar-refractivity contribution in [3.8, 4) is 0 Å². The van der Waals surface area contributed by atoms with Gasteiger partial charge in [-0.2, -0.15) is 0 Å². The minimum atomic E-state index is -0.568. The third-order valence-corrected chi connectivity index (χ3v) is 4.35. The molecular weight excluding hydrogens is 372 g/mol. The summed E-state index contributed by atoms with van der Waals surface area (Å²) in [4.78, 5) is 47.7. The van der Waals surface area contributed by atoms with Crippen molar-refractivity contribution >= 4 is 23.5 Å². The number of amides is 3. The number of nitrogens with one attached hydrogen (secondary N) is 4. The van der Waals surface area contributed by atoms with Gasteiger partial charge in [-0.3, -0.25) is 19.2 Å². The molecule has 8 nitrogen and oxygen atoms in total. The SMILES string of the molecule is CCC(=O)[C@H](CCCCNC(C)=O)NC(=O)CNC(=O)[C@H](CC(C)C)NC(C)C. The second-order valence-electron chi connectivity index (χ2n) is 8.14. The lowest BCUT2D eigenvalue weighted by molar-refractivity contribution is -0.129. The lowest BCUT2D eigenvalue weighted by Crippen LogP contribution is -2.51. The first kappa shape index (κ1) is 27.0. The molecule has 0 aliphatic heterocycles. The molecule has 4 N–H and O–H groups in total. The highest BCUT2D eigenvalue weighted by molar-refractivity contribution is 5.91. The summed E-state index contributed by atoms with van der Waals surface area (Å²) in [5.74, 6) is -0.368. The van der Waals surface area contributed by atoms with Crippen LogP contribution in [0.4, 0.5) is 0 Å². The number of hydrogen-bond donors (Lipinski definition) is 4. The van der Waals surface area contributed by atoms with Crippen molar-refractivity contribution in [2.45, 2.75) is 91.8 Å². The molecule has 0 spiro atoms. The average molecular weight is 413 g/mol. The van der Waals surface area contributed by atoms with E-state index in [2.05, 4.69) is 21.3 Å². The highest BCUT2D eigenvalue weighted by Gasteiger charge is 2.22. The van der Waals surface area contributed by atoms with Crippen molar-refractivity contribution < 1.29 is 19.2 Å². The van der Waals surface area contributed by atoms with Gasteiger partial charge in [0.15, 0.2) is 5.78 Å². The predicted molar refractivity (Wildman–Crippen MR) is 114 cm³/mol. The van der Waals surface area contributed by atoms with E-state index in [-0.39, 0.29) is 42.1 Å². The lowest BCUT2D eigenvalue weighted by atomic mass is 10.0. The summed E-state index contributed by atoms with van der Waals surface area (Å²) in [6.07, 6.45) is 2.96. The molecule has 0 fully saturated rings. The van der Waals surface area contributed by atoms with Crippen molar-refractivity contribution in [2.24, 2.45) is 5.92 Å². The van der Waals surface area contributed by atoms with Crippen LogP contribution >= 0.6 is 0 Å². The molecular formula is C21H40N4O4. The molecule has 0 heterocycles. The second kappa shape index (κ2) is 15.0. The van der Waals surface area contributed by atoms with Crippen LogP contribution in [0.25, 0.3) is 0 Å². The van der Waals surface area contributed by atoms with E-state index in [1.165, 1.54) is 6.92 Å². The minimum Gasteiger partial charge on any atom is -0.356 e. The van der Waals surface area contributed by atoms with Gasteiger partial charge in [0, 0.05) is 25.9 Å². The van der Waals surface area contributed by atoms with Gasteiger partial charge in [0.05, 0.1) is 18.6 Å². The summed E-state index contributed by atoms with van der Waals surface area (Å²) in [6.45, 7) is 11.6. The molecule has 0 bridgehead atoms. The molecule has 0 saturated heterocycles. The molecule has 2 atom stereocenters. The molecule has 0 radical (unpaired) electrons. The monoisotopic (exact) mass is 412 g/mol. The standard InChI is InChI=1S/C21H40N4O4/c1-7-19(27)17(10-8-9-11-22-16(6)26)25-20(28)13-23-21(29)18(12-14(2)3)24-15(4)5/h14-15,17-18,24H,7-13H2,1-6H3,(H,22,26)(H,23,29)(H,25,28)/t17-,18-/m0/s1. The fraction of sp³-hybridized carbons (Fsp3) is 0.810. The Bertz CT molecular complexity index is 525. The van der Waals surface area contributed by atoms with Crippen molar-refractivity contribution in [3.63, 3.8) is 0 Å². The highest BCUT2D eigenvalue weighted by atomic mass is 16.2. The third kappa shape index (κ3) is 13.8. The number of hydrogen-bond acceptors (Lipinski definition) is 5. The Kier molecular flexibility index (Phi) is 13.9. The summed E-state index contributed by atoms with van der Waals surface area (Å²) in [5, 5.41) is 11.3. The highest BCUT2D eigenvalue weighted by Crippen LogP contribution is 2.06. The van der Waals surface area contributed by atoms with Gasteiger partial charge in [-0.25, -0.2) is 0 Å². The summed E-state index contributed by atoms with van der Waals surface area (Å²) in [6, 6.07) is -0.769. The minimum absolute atomic E-state index is 0.0386. The van der Waals surface area contributed by atoms with Gasteiger partial charge in [-0.1, -0.05) is 34.6 Å². The lowest BCUT2D eigenvalue weighted by Gasteiger charge is -2.22. The summed E-state index contributed by atoms with van der Waals surface area (Å²) in [7, 11) is 0. The van der Waals surface area contributed by atoms with Crippen LogP contribution in [0.5, 0.6) is 0 Å². The van der Waals surface area contributed by atoms with E-state index in [0.29, 0.717) is 38.1 Å². The van der Waals surface area contributed by atoms with Crippen LogP contribution in [-0.2, 0) is 19.2 Å². The average Bonchev–Trinajstić information content (AvgIpc) is 2.62. The molecule has 0 aliphatic carbocycles. The first-order chi connectivity index (χ1) is 13.6. The van der Waals surface area contributed by atoms with Gasteiger partial charge < -0.3 is 21.3 Å². The maximum Gasteiger partial charge on any atom is 0.239 e. The molecule has 0 aromatic carbocycles. The van der Waals surface area contributed by atoms with Crippen LogP contribution in [-0.4, -0.2) is 54.7 Å². The molecule has 0 aromatic rings. The van der Waals surface area contributed by atoms with E-state index in [4.69, 9.17) is 0 Å². The first-order valence-corrected chi connectivity index (χ1v) is 10.7. The number of unbranched alkanes of at least 4 members (excludes halogenated alkanes) is 1. The number of rotatable bonds is 15. The summed E-state index contributed by atoms with van der Waals surface area (Å²) >= 11 is 0. The Morgan fingerprint density at radius 2 is 1.55 bits per heavy atom. The zero-order valence-electron chi connectivity index (χ0n) is 18.9. The smallest absolute Gasteiger partial charge is 0.239 e. The normalized spacial score (nSPS) is 13.1. The maximum absolute atomic E-state index is 12.4. The molecule has 0 saturated carbocycles. The largest absolute Gasteiger partial charge is 0.356 e. The van der Waals surface area contributed by atoms with Crippen LogP contribution in [0, 0.1) is 5.92 Å². The molecule has 29 heavy (non-hydrogen) atoms. The zero-order valence-corrected chi connectivity index (χ0v) is 18.9. The van der Waals surface area contributed by atoms with E-state index in [1.807, 2.05) is 27.7 Å². The quantitative estimate of drug-likeness (QED) is 0.302. The Hall–Kier alpha value is -1.96. The Morgan fingerprint density at radius 3 is 2.07 bits per heavy atom. The molecule has 0 aromatic heterocycles. The molecule has 0 aliphatic rings. The van der Waals surface area contributed by atoms with Crippen LogP contribution in [0.3, 0.4) is 0 Å². The van der Waals surface area contributed by atoms with Crippen LogP contribution in [0.15, 0.2) is 0 Å². The van der Waals surface area contributed by atoms with E-state index in [1.54, 1.807) is 6.92 Å². The van der Waals surface area contributed by atoms with Crippen LogP contribution < -0.4 is 21.3 Å². The van der Waals surface area contributed by atoms with E-state index in [9.17, 15) is 19.2 Å². The van der Waals surface area contributed by atoms with Crippen molar-refractivity contribution in [1.82, 2.24) is 21.3 Å². The molecule has 0 rings (SSSR count). The van der Waals surface area contributed by atoms with Crippen LogP contribution in [0.1, 0.15) is 73.6 Å². The van der Waals surface area contributed by atoms with Crippen molar-refractivity contribution in [2.75, 3.05) is 13.1 Å². The number of ketones is 1. The molecule has 168 valence electrons. The molecule has 8 heteroatoms. The molecule has 3 amide bonds. The topological polar surface area (TPSA) is 116 Å². The third-order valence-electron chi connectivity index (χ3n) is 4.35. The van der Waals surface area contributed by atoms with Crippen molar-refractivity contribution in [1.29, 1.82) is 0 Å². The Balaban J connectivity index is 4.55.